The Hall–Kier alpha value is -2.56. The van der Waals surface area contributed by atoms with Gasteiger partial charge in [0.2, 0.25) is 0 Å². The molecule has 110 valence electrons. The Morgan fingerprint density at radius 2 is 2.05 bits per heavy atom. The average molecular weight is 286 g/mol. The van der Waals surface area contributed by atoms with Crippen LogP contribution in [-0.2, 0) is 0 Å². The van der Waals surface area contributed by atoms with E-state index in [0.717, 1.165) is 11.3 Å². The van der Waals surface area contributed by atoms with Crippen molar-refractivity contribution in [1.82, 2.24) is 5.43 Å². The molecular weight excluding hydrogens is 268 g/mol. The van der Waals surface area contributed by atoms with Crippen molar-refractivity contribution in [2.45, 2.75) is 20.8 Å². The molecule has 0 aliphatic carbocycles. The van der Waals surface area contributed by atoms with Crippen LogP contribution >= 0.6 is 0 Å². The number of nitrogens with one attached hydrogen (secondary N) is 1. The van der Waals surface area contributed by atoms with Crippen molar-refractivity contribution in [2.24, 2.45) is 5.10 Å². The van der Waals surface area contributed by atoms with Gasteiger partial charge in [-0.3, -0.25) is 4.79 Å². The number of carbonyl (C=O) groups excluding carboxylic acids is 1. The highest BCUT2D eigenvalue weighted by molar-refractivity contribution is 6.01. The lowest BCUT2D eigenvalue weighted by atomic mass is 10.1. The molecule has 5 heteroatoms. The second-order valence-electron chi connectivity index (χ2n) is 4.70. The summed E-state index contributed by atoms with van der Waals surface area (Å²) >= 11 is 0. The van der Waals surface area contributed by atoms with Gasteiger partial charge in [-0.05, 0) is 39.0 Å². The van der Waals surface area contributed by atoms with E-state index in [4.69, 9.17) is 9.15 Å². The topological polar surface area (TPSA) is 63.8 Å². The van der Waals surface area contributed by atoms with Gasteiger partial charge in [-0.2, -0.15) is 5.10 Å². The van der Waals surface area contributed by atoms with Crippen LogP contribution in [0.3, 0.4) is 0 Å². The normalized spacial score (nSPS) is 11.3. The summed E-state index contributed by atoms with van der Waals surface area (Å²) in [5.74, 6) is 1.74. The quantitative estimate of drug-likeness (QED) is 0.694. The van der Waals surface area contributed by atoms with E-state index in [1.165, 1.54) is 0 Å². The molecule has 0 saturated carbocycles. The molecule has 0 radical (unpaired) electrons. The smallest absolute Gasteiger partial charge is 0.274 e. The van der Waals surface area contributed by atoms with Crippen LogP contribution in [0.1, 0.15) is 34.4 Å². The molecule has 1 aromatic heterocycles. The van der Waals surface area contributed by atoms with Crippen molar-refractivity contribution in [1.29, 1.82) is 0 Å². The Kier molecular flexibility index (Phi) is 4.42. The molecule has 0 atom stereocenters. The number of hydrazone groups is 1. The molecule has 2 rings (SSSR count). The van der Waals surface area contributed by atoms with Gasteiger partial charge in [0.1, 0.15) is 17.3 Å². The molecule has 0 spiro atoms. The standard InChI is InChI=1S/C16H18N2O3/c1-10-8-15(12(3)21-10)16(19)18-17-11(2)13-6-5-7-14(9-13)20-4/h5-9H,1-4H3,(H,18,19)/b17-11+. The number of hydrogen-bond acceptors (Lipinski definition) is 4. The first-order valence-corrected chi connectivity index (χ1v) is 6.57. The number of hydrogen-bond donors (Lipinski definition) is 1. The zero-order valence-corrected chi connectivity index (χ0v) is 12.6. The first kappa shape index (κ1) is 14.8. The van der Waals surface area contributed by atoms with E-state index in [1.54, 1.807) is 27.0 Å². The molecule has 1 heterocycles. The van der Waals surface area contributed by atoms with Crippen molar-refractivity contribution >= 4 is 11.6 Å². The molecule has 1 N–H and O–H groups in total. The number of furan rings is 1. The van der Waals surface area contributed by atoms with Crippen molar-refractivity contribution in [2.75, 3.05) is 7.11 Å². The first-order chi connectivity index (χ1) is 10.0. The summed E-state index contributed by atoms with van der Waals surface area (Å²) in [5, 5.41) is 4.12. The highest BCUT2D eigenvalue weighted by Gasteiger charge is 2.12. The Bertz CT molecular complexity index is 687. The maximum Gasteiger partial charge on any atom is 0.274 e. The minimum Gasteiger partial charge on any atom is -0.497 e. The molecule has 1 aromatic carbocycles. The Balaban J connectivity index is 2.12. The summed E-state index contributed by atoms with van der Waals surface area (Å²) in [7, 11) is 1.61. The summed E-state index contributed by atoms with van der Waals surface area (Å²) in [5.41, 5.74) is 4.61. The molecule has 5 nitrogen and oxygen atoms in total. The predicted octanol–water partition coefficient (Wildman–Crippen LogP) is 3.06. The van der Waals surface area contributed by atoms with Crippen LogP contribution in [0.25, 0.3) is 0 Å². The molecule has 0 aliphatic rings. The molecule has 0 unspecified atom stereocenters. The number of methoxy groups -OCH3 is 1. The Morgan fingerprint density at radius 3 is 2.67 bits per heavy atom. The zero-order valence-electron chi connectivity index (χ0n) is 12.6. The lowest BCUT2D eigenvalue weighted by Gasteiger charge is -2.04. The molecule has 0 bridgehead atoms. The molecule has 1 amide bonds. The fraction of sp³-hybridized carbons (Fsp3) is 0.250. The largest absolute Gasteiger partial charge is 0.497 e. The van der Waals surface area contributed by atoms with E-state index >= 15 is 0 Å². The second-order valence-corrected chi connectivity index (χ2v) is 4.70. The first-order valence-electron chi connectivity index (χ1n) is 6.57. The van der Waals surface area contributed by atoms with Crippen LogP contribution in [0.15, 0.2) is 39.9 Å². The van der Waals surface area contributed by atoms with E-state index in [1.807, 2.05) is 31.2 Å². The van der Waals surface area contributed by atoms with Gasteiger partial charge < -0.3 is 9.15 Å². The highest BCUT2D eigenvalue weighted by atomic mass is 16.5. The summed E-state index contributed by atoms with van der Waals surface area (Å²) in [6.45, 7) is 5.37. The number of rotatable bonds is 4. The van der Waals surface area contributed by atoms with Gasteiger partial charge >= 0.3 is 0 Å². The van der Waals surface area contributed by atoms with Gasteiger partial charge in [-0.15, -0.1) is 0 Å². The minimum absolute atomic E-state index is 0.286. The number of ether oxygens (including phenoxy) is 1. The molecule has 0 fully saturated rings. The number of carbonyl (C=O) groups is 1. The van der Waals surface area contributed by atoms with Crippen molar-refractivity contribution < 1.29 is 13.9 Å². The third kappa shape index (κ3) is 3.51. The second kappa shape index (κ2) is 6.26. The molecule has 0 saturated heterocycles. The number of benzene rings is 1. The Labute approximate surface area is 123 Å². The summed E-state index contributed by atoms with van der Waals surface area (Å²) < 4.78 is 10.5. The number of amides is 1. The van der Waals surface area contributed by atoms with Gasteiger partial charge in [0, 0.05) is 5.56 Å². The third-order valence-corrected chi connectivity index (χ3v) is 3.10. The lowest BCUT2D eigenvalue weighted by Crippen LogP contribution is -2.19. The number of aryl methyl sites for hydroxylation is 2. The monoisotopic (exact) mass is 286 g/mol. The summed E-state index contributed by atoms with van der Waals surface area (Å²) in [6, 6.07) is 9.19. The van der Waals surface area contributed by atoms with Gasteiger partial charge in [0.15, 0.2) is 0 Å². The lowest BCUT2D eigenvalue weighted by molar-refractivity contribution is 0.0953. The van der Waals surface area contributed by atoms with E-state index in [0.29, 0.717) is 22.8 Å². The van der Waals surface area contributed by atoms with Gasteiger partial charge in [-0.25, -0.2) is 5.43 Å². The van der Waals surface area contributed by atoms with Gasteiger partial charge in [0.25, 0.3) is 5.91 Å². The predicted molar refractivity (Wildman–Crippen MR) is 80.9 cm³/mol. The van der Waals surface area contributed by atoms with Crippen molar-refractivity contribution in [3.05, 3.63) is 53.0 Å². The van der Waals surface area contributed by atoms with E-state index in [2.05, 4.69) is 10.5 Å². The molecule has 2 aromatic rings. The van der Waals surface area contributed by atoms with Crippen molar-refractivity contribution in [3.8, 4) is 5.75 Å². The average Bonchev–Trinajstić information content (AvgIpc) is 2.83. The van der Waals surface area contributed by atoms with Crippen LogP contribution < -0.4 is 10.2 Å². The molecule has 21 heavy (non-hydrogen) atoms. The maximum absolute atomic E-state index is 12.0. The molecule has 0 aliphatic heterocycles. The summed E-state index contributed by atoms with van der Waals surface area (Å²) in [6.07, 6.45) is 0. The van der Waals surface area contributed by atoms with Crippen LogP contribution in [0, 0.1) is 13.8 Å². The third-order valence-electron chi connectivity index (χ3n) is 3.10. The van der Waals surface area contributed by atoms with Crippen LogP contribution in [-0.4, -0.2) is 18.7 Å². The van der Waals surface area contributed by atoms with Crippen LogP contribution in [0.4, 0.5) is 0 Å². The van der Waals surface area contributed by atoms with E-state index in [9.17, 15) is 4.79 Å². The zero-order chi connectivity index (χ0) is 15.4. The van der Waals surface area contributed by atoms with Gasteiger partial charge in [0.05, 0.1) is 18.4 Å². The van der Waals surface area contributed by atoms with E-state index in [-0.39, 0.29) is 5.91 Å². The SMILES string of the molecule is COc1cccc(/C(C)=N/NC(=O)c2cc(C)oc2C)c1. The Morgan fingerprint density at radius 1 is 1.29 bits per heavy atom. The summed E-state index contributed by atoms with van der Waals surface area (Å²) in [4.78, 5) is 12.0. The fourth-order valence-corrected chi connectivity index (χ4v) is 1.96. The maximum atomic E-state index is 12.0. The van der Waals surface area contributed by atoms with Crippen LogP contribution in [0.5, 0.6) is 5.75 Å². The number of nitrogens with zero attached hydrogens (tertiary/aromatic N) is 1. The highest BCUT2D eigenvalue weighted by Crippen LogP contribution is 2.14. The van der Waals surface area contributed by atoms with Crippen LogP contribution in [0.2, 0.25) is 0 Å². The molecular formula is C16H18N2O3. The van der Waals surface area contributed by atoms with Crippen molar-refractivity contribution in [3.63, 3.8) is 0 Å². The van der Waals surface area contributed by atoms with E-state index < -0.39 is 0 Å². The minimum atomic E-state index is -0.286. The van der Waals surface area contributed by atoms with Gasteiger partial charge in [-0.1, -0.05) is 12.1 Å². The fourth-order valence-electron chi connectivity index (χ4n) is 1.96.